The SMILES string of the molecule is Cc1cc(Nc2nc([C@]3(c4ccc(F)cc4)C[C@@H](OCc4ccccc4)C3)nc3ccccc23)n[nH]1. The van der Waals surface area contributed by atoms with Gasteiger partial charge in [0.1, 0.15) is 17.5 Å². The van der Waals surface area contributed by atoms with Crippen molar-refractivity contribution >= 4 is 22.5 Å². The number of aryl methyl sites for hydroxylation is 1. The molecule has 0 amide bonds. The fraction of sp³-hybridized carbons (Fsp3) is 0.207. The molecule has 7 heteroatoms. The number of rotatable bonds is 7. The number of nitrogens with one attached hydrogen (secondary N) is 2. The Hall–Kier alpha value is -4.10. The van der Waals surface area contributed by atoms with Gasteiger partial charge in [-0.15, -0.1) is 0 Å². The number of para-hydroxylation sites is 1. The third kappa shape index (κ3) is 4.22. The van der Waals surface area contributed by atoms with E-state index in [-0.39, 0.29) is 11.9 Å². The van der Waals surface area contributed by atoms with Crippen LogP contribution in [-0.4, -0.2) is 26.3 Å². The van der Waals surface area contributed by atoms with Crippen molar-refractivity contribution in [3.63, 3.8) is 0 Å². The van der Waals surface area contributed by atoms with Crippen molar-refractivity contribution in [1.82, 2.24) is 20.2 Å². The van der Waals surface area contributed by atoms with Crippen molar-refractivity contribution in [2.24, 2.45) is 0 Å². The van der Waals surface area contributed by atoms with Crippen LogP contribution >= 0.6 is 0 Å². The molecule has 1 aliphatic rings. The lowest BCUT2D eigenvalue weighted by molar-refractivity contribution is -0.0455. The molecule has 1 saturated carbocycles. The Kier molecular flexibility index (Phi) is 5.70. The third-order valence-corrected chi connectivity index (χ3v) is 6.86. The number of nitrogens with zero attached hydrogens (tertiary/aromatic N) is 3. The highest BCUT2D eigenvalue weighted by Crippen LogP contribution is 2.50. The molecule has 0 atom stereocenters. The summed E-state index contributed by atoms with van der Waals surface area (Å²) in [5.74, 6) is 1.82. The summed E-state index contributed by atoms with van der Waals surface area (Å²) in [6, 6.07) is 26.7. The maximum Gasteiger partial charge on any atom is 0.153 e. The van der Waals surface area contributed by atoms with Gasteiger partial charge in [0.05, 0.1) is 23.6 Å². The molecule has 5 aromatic rings. The molecule has 0 unspecified atom stereocenters. The molecule has 2 N–H and O–H groups in total. The number of aromatic amines is 1. The van der Waals surface area contributed by atoms with Gasteiger partial charge >= 0.3 is 0 Å². The molecule has 2 aromatic heterocycles. The summed E-state index contributed by atoms with van der Waals surface area (Å²) < 4.78 is 20.1. The minimum absolute atomic E-state index is 0.0516. The van der Waals surface area contributed by atoms with E-state index in [1.54, 1.807) is 0 Å². The summed E-state index contributed by atoms with van der Waals surface area (Å²) >= 11 is 0. The number of anilines is 2. The number of hydrogen-bond acceptors (Lipinski definition) is 5. The van der Waals surface area contributed by atoms with Crippen molar-refractivity contribution in [2.45, 2.75) is 37.9 Å². The number of fused-ring (bicyclic) bond motifs is 1. The molecular weight excluding hydrogens is 453 g/mol. The summed E-state index contributed by atoms with van der Waals surface area (Å²) in [5.41, 5.74) is 3.44. The summed E-state index contributed by atoms with van der Waals surface area (Å²) in [6.07, 6.45) is 1.48. The summed E-state index contributed by atoms with van der Waals surface area (Å²) in [5, 5.41) is 11.6. The maximum atomic E-state index is 13.8. The molecule has 0 bridgehead atoms. The van der Waals surface area contributed by atoms with Crippen molar-refractivity contribution in [3.8, 4) is 0 Å². The van der Waals surface area contributed by atoms with Crippen LogP contribution in [0, 0.1) is 12.7 Å². The Balaban J connectivity index is 1.37. The van der Waals surface area contributed by atoms with E-state index in [9.17, 15) is 4.39 Å². The average molecular weight is 480 g/mol. The van der Waals surface area contributed by atoms with Gasteiger partial charge in [-0.1, -0.05) is 54.6 Å². The van der Waals surface area contributed by atoms with Gasteiger partial charge in [0.15, 0.2) is 5.82 Å². The van der Waals surface area contributed by atoms with Crippen LogP contribution in [0.15, 0.2) is 84.9 Å². The molecule has 0 spiro atoms. The van der Waals surface area contributed by atoms with Crippen molar-refractivity contribution in [1.29, 1.82) is 0 Å². The van der Waals surface area contributed by atoms with E-state index in [4.69, 9.17) is 14.7 Å². The first-order valence-corrected chi connectivity index (χ1v) is 12.1. The van der Waals surface area contributed by atoms with Crippen molar-refractivity contribution < 1.29 is 9.13 Å². The fourth-order valence-electron chi connectivity index (χ4n) is 4.93. The van der Waals surface area contributed by atoms with Crippen LogP contribution in [0.1, 0.15) is 35.5 Å². The molecule has 2 heterocycles. The normalized spacial score (nSPS) is 19.2. The van der Waals surface area contributed by atoms with Crippen LogP contribution in [-0.2, 0) is 16.8 Å². The van der Waals surface area contributed by atoms with E-state index < -0.39 is 5.41 Å². The van der Waals surface area contributed by atoms with Gasteiger partial charge in [0, 0.05) is 17.1 Å². The van der Waals surface area contributed by atoms with Gasteiger partial charge in [0.25, 0.3) is 0 Å². The molecule has 3 aromatic carbocycles. The number of benzene rings is 3. The number of ether oxygens (including phenoxy) is 1. The first kappa shape index (κ1) is 22.4. The zero-order valence-electron chi connectivity index (χ0n) is 19.9. The number of halogens is 1. The second kappa shape index (κ2) is 9.17. The minimum Gasteiger partial charge on any atom is -0.373 e. The molecule has 0 aliphatic heterocycles. The first-order chi connectivity index (χ1) is 17.6. The molecule has 180 valence electrons. The van der Waals surface area contributed by atoms with E-state index >= 15 is 0 Å². The number of aromatic nitrogens is 4. The van der Waals surface area contributed by atoms with E-state index in [0.717, 1.165) is 27.7 Å². The van der Waals surface area contributed by atoms with Crippen molar-refractivity contribution in [2.75, 3.05) is 5.32 Å². The zero-order chi connectivity index (χ0) is 24.5. The van der Waals surface area contributed by atoms with E-state index in [0.29, 0.717) is 36.9 Å². The Morgan fingerprint density at radius 1 is 0.972 bits per heavy atom. The van der Waals surface area contributed by atoms with E-state index in [2.05, 4.69) is 27.6 Å². The molecule has 0 radical (unpaired) electrons. The largest absolute Gasteiger partial charge is 0.373 e. The fourth-order valence-corrected chi connectivity index (χ4v) is 4.93. The Labute approximate surface area is 208 Å². The summed E-state index contributed by atoms with van der Waals surface area (Å²) in [6.45, 7) is 2.50. The smallest absolute Gasteiger partial charge is 0.153 e. The molecule has 36 heavy (non-hydrogen) atoms. The van der Waals surface area contributed by atoms with Crippen LogP contribution < -0.4 is 5.32 Å². The van der Waals surface area contributed by atoms with E-state index in [1.807, 2.05) is 67.6 Å². The van der Waals surface area contributed by atoms with Gasteiger partial charge in [-0.25, -0.2) is 14.4 Å². The van der Waals surface area contributed by atoms with Gasteiger partial charge in [-0.05, 0) is 55.2 Å². The maximum absolute atomic E-state index is 13.8. The van der Waals surface area contributed by atoms with Gasteiger partial charge < -0.3 is 10.1 Å². The van der Waals surface area contributed by atoms with Crippen LogP contribution in [0.2, 0.25) is 0 Å². The first-order valence-electron chi connectivity index (χ1n) is 12.1. The predicted molar refractivity (Wildman–Crippen MR) is 138 cm³/mol. The quantitative estimate of drug-likeness (QED) is 0.290. The topological polar surface area (TPSA) is 75.7 Å². The van der Waals surface area contributed by atoms with Crippen LogP contribution in [0.5, 0.6) is 0 Å². The second-order valence-electron chi connectivity index (χ2n) is 9.39. The van der Waals surface area contributed by atoms with Gasteiger partial charge in [0.2, 0.25) is 0 Å². The summed E-state index contributed by atoms with van der Waals surface area (Å²) in [4.78, 5) is 10.0. The monoisotopic (exact) mass is 479 g/mol. The third-order valence-electron chi connectivity index (χ3n) is 6.86. The van der Waals surface area contributed by atoms with Gasteiger partial charge in [-0.3, -0.25) is 5.10 Å². The van der Waals surface area contributed by atoms with Gasteiger partial charge in [-0.2, -0.15) is 5.10 Å². The molecule has 6 rings (SSSR count). The lowest BCUT2D eigenvalue weighted by Gasteiger charge is -2.46. The Morgan fingerprint density at radius 3 is 2.47 bits per heavy atom. The molecule has 1 aliphatic carbocycles. The highest BCUT2D eigenvalue weighted by atomic mass is 19.1. The molecule has 0 saturated heterocycles. The number of H-pyrrole nitrogens is 1. The standard InChI is InChI=1S/C29H26FN5O/c1-19-15-26(35-34-19)32-27-24-9-5-6-10-25(24)31-28(33-27)29(21-11-13-22(30)14-12-21)16-23(17-29)36-18-20-7-3-2-4-8-20/h2-15,23H,16-18H2,1H3,(H2,31,32,33,34,35)/t23-,29-. The van der Waals surface area contributed by atoms with Crippen molar-refractivity contribution in [3.05, 3.63) is 113 Å². The van der Waals surface area contributed by atoms with Crippen LogP contribution in [0.3, 0.4) is 0 Å². The molecule has 6 nitrogen and oxygen atoms in total. The Bertz CT molecular complexity index is 1490. The second-order valence-corrected chi connectivity index (χ2v) is 9.39. The summed E-state index contributed by atoms with van der Waals surface area (Å²) in [7, 11) is 0. The average Bonchev–Trinajstić information content (AvgIpc) is 3.29. The lowest BCUT2D eigenvalue weighted by Crippen LogP contribution is -2.48. The predicted octanol–water partition coefficient (Wildman–Crippen LogP) is 6.21. The zero-order valence-corrected chi connectivity index (χ0v) is 19.9. The van der Waals surface area contributed by atoms with Crippen LogP contribution in [0.25, 0.3) is 10.9 Å². The Morgan fingerprint density at radius 2 is 1.72 bits per heavy atom. The lowest BCUT2D eigenvalue weighted by atomic mass is 9.62. The highest BCUT2D eigenvalue weighted by Gasteiger charge is 2.50. The molecular formula is C29H26FN5O. The van der Waals surface area contributed by atoms with Crippen LogP contribution in [0.4, 0.5) is 16.0 Å². The molecule has 1 fully saturated rings. The minimum atomic E-state index is -0.475. The highest BCUT2D eigenvalue weighted by molar-refractivity contribution is 5.90. The van der Waals surface area contributed by atoms with E-state index in [1.165, 1.54) is 12.1 Å². The number of hydrogen-bond donors (Lipinski definition) is 2.